The predicted molar refractivity (Wildman–Crippen MR) is 373 cm³/mol. The van der Waals surface area contributed by atoms with Gasteiger partial charge >= 0.3 is 12.0 Å². The smallest absolute Gasteiger partial charge is 0.338 e. The van der Waals surface area contributed by atoms with E-state index in [1.807, 2.05) is 38.1 Å². The van der Waals surface area contributed by atoms with Gasteiger partial charge in [-0.15, -0.1) is 5.10 Å². The van der Waals surface area contributed by atoms with Crippen LogP contribution >= 0.6 is 23.2 Å². The van der Waals surface area contributed by atoms with Gasteiger partial charge in [0.1, 0.15) is 23.1 Å². The number of ketones is 1. The number of aliphatic hydroxyl groups is 1. The van der Waals surface area contributed by atoms with Crippen LogP contribution in [0.3, 0.4) is 0 Å². The Bertz CT molecular complexity index is 4350. The van der Waals surface area contributed by atoms with E-state index in [1.54, 1.807) is 67.6 Å². The Hall–Kier alpha value is -11.8. The number of fused-ring (bicyclic) bond motifs is 1. The molecule has 0 aliphatic rings. The lowest BCUT2D eigenvalue weighted by atomic mass is 10.1. The van der Waals surface area contributed by atoms with Crippen molar-refractivity contribution in [2.24, 2.45) is 0 Å². The van der Waals surface area contributed by atoms with E-state index in [9.17, 15) is 33.9 Å². The Kier molecular flexibility index (Phi) is 36.2. The van der Waals surface area contributed by atoms with E-state index in [2.05, 4.69) is 109 Å². The Morgan fingerprint density at radius 2 is 1.14 bits per heavy atom. The number of urea groups is 1. The topological polar surface area (TPSA) is 402 Å². The lowest BCUT2D eigenvalue weighted by Gasteiger charge is -2.19. The Balaban J connectivity index is 0.000000735. The normalized spacial score (nSPS) is 10.0. The summed E-state index contributed by atoms with van der Waals surface area (Å²) >= 11 is 12.9. The molecular formula is C72H71Cl2N9O14. The zero-order chi connectivity index (χ0) is 66.9. The summed E-state index contributed by atoms with van der Waals surface area (Å²) in [7, 11) is 0. The van der Waals surface area contributed by atoms with E-state index in [-0.39, 0.29) is 78.4 Å². The number of unbranched alkanes of at least 4 members (excludes halogenated alkanes) is 9. The zero-order valence-corrected chi connectivity index (χ0v) is 54.7. The molecule has 0 bridgehead atoms. The highest BCUT2D eigenvalue weighted by molar-refractivity contribution is 6.35. The number of benzene rings is 6. The second kappa shape index (κ2) is 43.2. The molecule has 23 nitrogen and oxygen atoms in total. The highest BCUT2D eigenvalue weighted by atomic mass is 35.5. The fourth-order valence-corrected chi connectivity index (χ4v) is 8.98. The van der Waals surface area contributed by atoms with Gasteiger partial charge in [0, 0.05) is 52.6 Å². The fourth-order valence-electron chi connectivity index (χ4n) is 8.65. The number of esters is 1. The molecular weight excluding hydrogens is 1290 g/mol. The number of aromatic nitrogens is 3. The molecule has 0 saturated heterocycles. The van der Waals surface area contributed by atoms with E-state index in [0.717, 1.165) is 41.5 Å². The van der Waals surface area contributed by atoms with E-state index >= 15 is 0 Å². The molecule has 97 heavy (non-hydrogen) atoms. The second-order valence-corrected chi connectivity index (χ2v) is 21.3. The number of para-hydroxylation sites is 1. The summed E-state index contributed by atoms with van der Waals surface area (Å²) in [6, 6.07) is 31.3. The summed E-state index contributed by atoms with van der Waals surface area (Å²) in [6.45, 7) is 7.99. The largest absolute Gasteiger partial charge is 0.506 e. The van der Waals surface area contributed by atoms with Crippen LogP contribution in [0, 0.1) is 96.4 Å². The van der Waals surface area contributed by atoms with Gasteiger partial charge < -0.3 is 68.2 Å². The first-order valence-electron chi connectivity index (χ1n) is 29.3. The molecule has 1 aromatic heterocycles. The molecule has 1 heterocycles. The third-order valence-electron chi connectivity index (χ3n) is 13.4. The molecule has 0 radical (unpaired) electrons. The number of halogens is 2. The maximum Gasteiger partial charge on any atom is 0.338 e. The number of rotatable bonds is 24. The van der Waals surface area contributed by atoms with Gasteiger partial charge in [0.25, 0.3) is 17.7 Å². The molecule has 6 aromatic carbocycles. The highest BCUT2D eigenvalue weighted by Gasteiger charge is 2.33. The number of nitrogens with one attached hydrogen (secondary N) is 5. The molecule has 5 amide bonds. The number of aromatic hydroxyl groups is 1. The number of hydrogen-bond acceptors (Lipinski definition) is 13. The molecule has 15 N–H and O–H groups in total. The summed E-state index contributed by atoms with van der Waals surface area (Å²) in [5, 5.41) is 48.9. The van der Waals surface area contributed by atoms with E-state index in [4.69, 9.17) is 43.0 Å². The molecule has 0 saturated carbocycles. The molecule has 7 rings (SSSR count). The number of ether oxygens (including phenoxy) is 2. The maximum atomic E-state index is 14.1. The van der Waals surface area contributed by atoms with Crippen molar-refractivity contribution in [1.29, 1.82) is 5.26 Å². The number of carbonyl (C=O) groups excluding carboxylic acids is 6. The van der Waals surface area contributed by atoms with Crippen molar-refractivity contribution in [3.63, 3.8) is 0 Å². The molecule has 0 fully saturated rings. The summed E-state index contributed by atoms with van der Waals surface area (Å²) in [5.74, 6) is 23.0. The van der Waals surface area contributed by atoms with E-state index in [1.165, 1.54) is 87.1 Å². The summed E-state index contributed by atoms with van der Waals surface area (Å²) in [6.07, 6.45) is 12.4. The average Bonchev–Trinajstić information content (AvgIpc) is 1.63. The second-order valence-electron chi connectivity index (χ2n) is 20.4. The zero-order valence-electron chi connectivity index (χ0n) is 53.2. The van der Waals surface area contributed by atoms with Gasteiger partial charge in [0.2, 0.25) is 11.8 Å². The van der Waals surface area contributed by atoms with Gasteiger partial charge in [-0.3, -0.25) is 19.2 Å². The molecule has 0 aliphatic carbocycles. The number of hydrogen-bond donors (Lipinski definition) is 7. The Morgan fingerprint density at radius 3 is 1.73 bits per heavy atom. The molecule has 0 aliphatic heterocycles. The lowest BCUT2D eigenvalue weighted by Crippen LogP contribution is -2.37. The average molecular weight is 1360 g/mol. The van der Waals surface area contributed by atoms with Crippen molar-refractivity contribution >= 4 is 98.2 Å². The number of nitrogens with zero attached hydrogens (tertiary/aromatic N) is 4. The quantitative estimate of drug-likeness (QED) is 0.00564. The monoisotopic (exact) mass is 1360 g/mol. The summed E-state index contributed by atoms with van der Waals surface area (Å²) in [5.41, 5.74) is 4.60. The predicted octanol–water partition coefficient (Wildman–Crippen LogP) is 9.80. The molecule has 2 unspecified atom stereocenters. The number of aryl methyl sites for hydroxylation is 2. The van der Waals surface area contributed by atoms with Gasteiger partial charge in [-0.1, -0.05) is 123 Å². The van der Waals surface area contributed by atoms with Crippen molar-refractivity contribution in [3.05, 3.63) is 159 Å². The van der Waals surface area contributed by atoms with Crippen LogP contribution in [0.15, 0.2) is 121 Å². The van der Waals surface area contributed by atoms with Crippen LogP contribution in [0.4, 0.5) is 33.2 Å². The lowest BCUT2D eigenvalue weighted by molar-refractivity contribution is -0.128. The first-order chi connectivity index (χ1) is 45.0. The van der Waals surface area contributed by atoms with Gasteiger partial charge in [-0.25, -0.2) is 14.3 Å². The minimum absolute atomic E-state index is 0. The van der Waals surface area contributed by atoms with Gasteiger partial charge in [-0.05, 0) is 159 Å². The Morgan fingerprint density at radius 1 is 0.588 bits per heavy atom. The molecule has 0 spiro atoms. The number of phenolic OH excluding ortho intramolecular Hbond substituents is 1. The first kappa shape index (κ1) is 81.3. The standard InChI is InChI=1S/C47H39Cl2N5O6.C25H24N4O4.4H2O/c1-2-3-4-5-6-7-12-15-18-23-32-60-47(59)36-28-30-38(49)41(34-36)51-46(58)44(54-42-25-21-20-24-39(42)52-53-54)45(57)50-40-33-35(27-29-37(40)48)43(56)26-19-16-13-10-8-9-11-14-17-22-31-55;1-15-4-11-23(16(2)12-15)33-17(3)24(31)27-20-9-10-21(22(30)13-20)29-25(32)28-19-7-5-18(14-26)6-8-19;;;;/h20-21,24-25,27-30,33-34,44,55H,2-7,12,15,18,23,32H2,1H3,(H,50,57)(H,51,58);4-13,17,30H,1-3H3,(H,27,31)(H2,28,29,32);4*1H2. The van der Waals surface area contributed by atoms with Crippen LogP contribution in [0.5, 0.6) is 11.5 Å². The number of nitriles is 1. The first-order valence-corrected chi connectivity index (χ1v) is 30.1. The van der Waals surface area contributed by atoms with Crippen molar-refractivity contribution in [2.45, 2.75) is 104 Å². The van der Waals surface area contributed by atoms with Crippen LogP contribution < -0.4 is 31.3 Å². The number of amides is 5. The number of phenols is 1. The maximum absolute atomic E-state index is 14.1. The van der Waals surface area contributed by atoms with Crippen LogP contribution in [0.25, 0.3) is 11.0 Å². The highest BCUT2D eigenvalue weighted by Crippen LogP contribution is 2.30. The third-order valence-corrected chi connectivity index (χ3v) is 14.0. The molecule has 502 valence electrons. The number of carbonyl (C=O) groups is 6. The van der Waals surface area contributed by atoms with Gasteiger partial charge in [0.15, 0.2) is 6.10 Å². The van der Waals surface area contributed by atoms with Crippen LogP contribution in [-0.2, 0) is 19.1 Å². The van der Waals surface area contributed by atoms with Crippen LogP contribution in [-0.4, -0.2) is 95.3 Å². The SMILES string of the molecule is CCCCCCCCCCCCOC(=O)c1ccc(Cl)c(NC(=O)C(C(=O)Nc2cc(C(=O)C#CC#CC#CC#CC#CC#CO)ccc2Cl)n2nnc3ccccc32)c1.Cc1ccc(OC(C)C(=O)Nc2ccc(NC(=O)Nc3ccc(C#N)cc3)c(O)c2)c(C)c1.O.O.O.O. The van der Waals surface area contributed by atoms with Gasteiger partial charge in [0.05, 0.1) is 56.4 Å². The summed E-state index contributed by atoms with van der Waals surface area (Å²) in [4.78, 5) is 78.6. The van der Waals surface area contributed by atoms with Crippen molar-refractivity contribution in [1.82, 2.24) is 15.0 Å². The number of aliphatic hydroxyl groups excluding tert-OH is 1. The molecule has 7 aromatic rings. The third kappa shape index (κ3) is 26.6. The Labute approximate surface area is 571 Å². The van der Waals surface area contributed by atoms with Crippen molar-refractivity contribution in [2.75, 3.05) is 33.2 Å². The number of Topliss-reactive ketones (excluding diaryl/α,β-unsaturated/α-hetero) is 1. The minimum atomic E-state index is -1.68. The van der Waals surface area contributed by atoms with E-state index < -0.39 is 41.7 Å². The van der Waals surface area contributed by atoms with Crippen molar-refractivity contribution in [3.8, 4) is 88.8 Å². The summed E-state index contributed by atoms with van der Waals surface area (Å²) < 4.78 is 12.4. The number of anilines is 5. The van der Waals surface area contributed by atoms with Crippen LogP contribution in [0.2, 0.25) is 10.0 Å². The van der Waals surface area contributed by atoms with E-state index in [0.29, 0.717) is 33.7 Å². The fraction of sp³-hybridized carbons (Fsp3) is 0.236. The molecule has 2 atom stereocenters. The van der Waals surface area contributed by atoms with Crippen LogP contribution in [0.1, 0.15) is 122 Å². The van der Waals surface area contributed by atoms with Crippen molar-refractivity contribution < 1.29 is 70.4 Å². The van der Waals surface area contributed by atoms with Gasteiger partial charge in [-0.2, -0.15) is 5.26 Å². The molecule has 25 heteroatoms. The minimum Gasteiger partial charge on any atom is -0.506 e.